The van der Waals surface area contributed by atoms with Crippen molar-refractivity contribution in [3.8, 4) is 0 Å². The smallest absolute Gasteiger partial charge is 0.316 e. The molecule has 2 unspecified atom stereocenters. The predicted octanol–water partition coefficient (Wildman–Crippen LogP) is -0.715. The molecule has 0 aromatic rings. The first-order valence-electron chi connectivity index (χ1n) is 4.22. The first kappa shape index (κ1) is 10.2. The van der Waals surface area contributed by atoms with E-state index in [-0.39, 0.29) is 11.6 Å². The molecule has 0 radical (unpaired) electrons. The number of hydrogen-bond donors (Lipinski definition) is 2. The highest BCUT2D eigenvalue weighted by Gasteiger charge is 2.65. The van der Waals surface area contributed by atoms with Crippen LogP contribution in [0.4, 0.5) is 0 Å². The Morgan fingerprint density at radius 1 is 1.67 bits per heavy atom. The summed E-state index contributed by atoms with van der Waals surface area (Å²) < 4.78 is 3.19. The van der Waals surface area contributed by atoms with Crippen molar-refractivity contribution < 1.29 is 19.1 Å². The summed E-state index contributed by atoms with van der Waals surface area (Å²) in [5.74, 6) is -2.42. The number of hydrogen-bond acceptors (Lipinski definition) is 6. The van der Waals surface area contributed by atoms with Gasteiger partial charge in [0.25, 0.3) is 0 Å². The molecule has 0 aromatic heterocycles. The highest BCUT2D eigenvalue weighted by atomic mass is 32.2. The number of nitrogens with one attached hydrogen (secondary N) is 2. The molecule has 2 fully saturated rings. The number of rotatable bonds is 1. The van der Waals surface area contributed by atoms with Crippen LogP contribution >= 0.6 is 11.8 Å². The Morgan fingerprint density at radius 3 is 2.73 bits per heavy atom. The van der Waals surface area contributed by atoms with Crippen molar-refractivity contribution in [1.82, 2.24) is 5.32 Å². The lowest BCUT2D eigenvalue weighted by atomic mass is 9.72. The number of ketones is 1. The quantitative estimate of drug-likeness (QED) is 0.456. The zero-order chi connectivity index (χ0) is 11.2. The van der Waals surface area contributed by atoms with Gasteiger partial charge in [0.15, 0.2) is 15.7 Å². The molecular formula is C8H8N2O4S. The monoisotopic (exact) mass is 228 g/mol. The summed E-state index contributed by atoms with van der Waals surface area (Å²) in [4.78, 5) is 34.2. The number of amides is 1. The summed E-state index contributed by atoms with van der Waals surface area (Å²) in [7, 11) is 1.20. The number of amidine groups is 1. The Labute approximate surface area is 89.2 Å². The molecule has 0 bridgehead atoms. The van der Waals surface area contributed by atoms with E-state index in [0.717, 1.165) is 11.8 Å². The van der Waals surface area contributed by atoms with Crippen molar-refractivity contribution in [2.45, 2.75) is 11.2 Å². The van der Waals surface area contributed by atoms with Crippen LogP contribution in [0.3, 0.4) is 0 Å². The van der Waals surface area contributed by atoms with Gasteiger partial charge in [0.05, 0.1) is 7.11 Å². The predicted molar refractivity (Wildman–Crippen MR) is 51.3 cm³/mol. The van der Waals surface area contributed by atoms with Gasteiger partial charge in [-0.2, -0.15) is 0 Å². The first-order chi connectivity index (χ1) is 7.01. The third-order valence-corrected chi connectivity index (χ3v) is 3.77. The van der Waals surface area contributed by atoms with Gasteiger partial charge in [-0.15, -0.1) is 0 Å². The van der Waals surface area contributed by atoms with Crippen LogP contribution < -0.4 is 5.32 Å². The van der Waals surface area contributed by atoms with Crippen LogP contribution in [0, 0.1) is 11.3 Å². The van der Waals surface area contributed by atoms with Gasteiger partial charge in [-0.3, -0.25) is 19.8 Å². The van der Waals surface area contributed by atoms with Crippen LogP contribution in [0.5, 0.6) is 0 Å². The van der Waals surface area contributed by atoms with E-state index < -0.39 is 28.3 Å². The minimum absolute atomic E-state index is 0.0448. The Hall–Kier alpha value is -1.37. The van der Waals surface area contributed by atoms with Crippen molar-refractivity contribution in [3.63, 3.8) is 0 Å². The Kier molecular flexibility index (Phi) is 2.07. The molecule has 15 heavy (non-hydrogen) atoms. The number of carbonyl (C=O) groups excluding carboxylic acids is 3. The Balaban J connectivity index is 2.18. The first-order valence-corrected chi connectivity index (χ1v) is 5.04. The lowest BCUT2D eigenvalue weighted by Crippen LogP contribution is -2.59. The van der Waals surface area contributed by atoms with Gasteiger partial charge in [-0.25, -0.2) is 0 Å². The van der Waals surface area contributed by atoms with E-state index in [1.165, 1.54) is 7.11 Å². The average Bonchev–Trinajstić information content (AvgIpc) is 2.51. The van der Waals surface area contributed by atoms with Gasteiger partial charge in [-0.05, 0) is 6.42 Å². The van der Waals surface area contributed by atoms with E-state index in [1.807, 2.05) is 0 Å². The fourth-order valence-electron chi connectivity index (χ4n) is 1.71. The average molecular weight is 228 g/mol. The summed E-state index contributed by atoms with van der Waals surface area (Å²) in [6.45, 7) is 0. The number of esters is 1. The topological polar surface area (TPSA) is 96.3 Å². The molecule has 6 nitrogen and oxygen atoms in total. The van der Waals surface area contributed by atoms with Crippen LogP contribution in [0.1, 0.15) is 6.42 Å². The summed E-state index contributed by atoms with van der Waals surface area (Å²) in [6.07, 6.45) is 0.122. The highest BCUT2D eigenvalue weighted by Crippen LogP contribution is 2.48. The molecule has 80 valence electrons. The van der Waals surface area contributed by atoms with E-state index in [9.17, 15) is 14.4 Å². The Bertz CT molecular complexity index is 394. The molecule has 1 saturated heterocycles. The van der Waals surface area contributed by atoms with Crippen LogP contribution in [-0.2, 0) is 19.1 Å². The molecule has 1 heterocycles. The third-order valence-electron chi connectivity index (χ3n) is 2.56. The van der Waals surface area contributed by atoms with Gasteiger partial charge in [-0.1, -0.05) is 11.8 Å². The normalized spacial score (nSPS) is 33.9. The molecule has 7 heteroatoms. The molecule has 1 saturated carbocycles. The van der Waals surface area contributed by atoms with Crippen molar-refractivity contribution >= 4 is 34.6 Å². The van der Waals surface area contributed by atoms with Crippen LogP contribution in [0.2, 0.25) is 0 Å². The molecule has 0 aromatic carbocycles. The van der Waals surface area contributed by atoms with Gasteiger partial charge >= 0.3 is 5.97 Å². The zero-order valence-electron chi connectivity index (χ0n) is 7.83. The molecule has 1 spiro atoms. The van der Waals surface area contributed by atoms with Crippen LogP contribution in [0.25, 0.3) is 0 Å². The van der Waals surface area contributed by atoms with Crippen molar-refractivity contribution in [2.24, 2.45) is 5.92 Å². The number of ether oxygens (including phenoxy) is 1. The number of carbonyl (C=O) groups is 3. The second kappa shape index (κ2) is 3.06. The number of Topliss-reactive ketones (excluding diaryl/α,β-unsaturated/α-hetero) is 1. The van der Waals surface area contributed by atoms with Gasteiger partial charge in [0, 0.05) is 0 Å². The fourth-order valence-corrected chi connectivity index (χ4v) is 2.84. The number of methoxy groups -OCH3 is 1. The largest absolute Gasteiger partial charge is 0.468 e. The molecule has 2 rings (SSSR count). The SMILES string of the molecule is COC(=O)C1CC2(SC(=N)NC2=O)C1=O. The van der Waals surface area contributed by atoms with E-state index in [4.69, 9.17) is 5.41 Å². The minimum atomic E-state index is -1.24. The van der Waals surface area contributed by atoms with Crippen molar-refractivity contribution in [3.05, 3.63) is 0 Å². The second-order valence-electron chi connectivity index (χ2n) is 3.36. The third kappa shape index (κ3) is 1.19. The van der Waals surface area contributed by atoms with Crippen molar-refractivity contribution in [1.29, 1.82) is 5.41 Å². The maximum atomic E-state index is 11.7. The van der Waals surface area contributed by atoms with Gasteiger partial charge in [0.2, 0.25) is 5.91 Å². The van der Waals surface area contributed by atoms with Crippen LogP contribution in [0.15, 0.2) is 0 Å². The molecule has 1 amide bonds. The lowest BCUT2D eigenvalue weighted by Gasteiger charge is -2.37. The highest BCUT2D eigenvalue weighted by molar-refractivity contribution is 8.17. The lowest BCUT2D eigenvalue weighted by molar-refractivity contribution is -0.157. The standard InChI is InChI=1S/C8H8N2O4S/c1-14-5(12)3-2-8(4(3)11)6(13)10-7(9)15-8/h3H,2H2,1H3,(H2,9,10,13). The van der Waals surface area contributed by atoms with E-state index >= 15 is 0 Å². The number of thioether (sulfide) groups is 1. The molecule has 1 aliphatic heterocycles. The van der Waals surface area contributed by atoms with E-state index in [0.29, 0.717) is 0 Å². The maximum Gasteiger partial charge on any atom is 0.316 e. The summed E-state index contributed by atoms with van der Waals surface area (Å²) in [5.41, 5.74) is 0. The van der Waals surface area contributed by atoms with E-state index in [1.54, 1.807) is 0 Å². The van der Waals surface area contributed by atoms with Gasteiger partial charge < -0.3 is 10.1 Å². The molecule has 2 aliphatic rings. The Morgan fingerprint density at radius 2 is 2.33 bits per heavy atom. The summed E-state index contributed by atoms with van der Waals surface area (Å²) in [6, 6.07) is 0. The second-order valence-corrected chi connectivity index (χ2v) is 4.67. The fraction of sp³-hybridized carbons (Fsp3) is 0.500. The van der Waals surface area contributed by atoms with Gasteiger partial charge in [0.1, 0.15) is 5.92 Å². The molecule has 2 atom stereocenters. The maximum absolute atomic E-state index is 11.7. The molecular weight excluding hydrogens is 220 g/mol. The summed E-state index contributed by atoms with van der Waals surface area (Å²) in [5, 5.41) is 9.45. The molecule has 2 N–H and O–H groups in total. The zero-order valence-corrected chi connectivity index (χ0v) is 8.64. The van der Waals surface area contributed by atoms with Crippen LogP contribution in [-0.4, -0.2) is 34.7 Å². The van der Waals surface area contributed by atoms with E-state index in [2.05, 4.69) is 10.1 Å². The van der Waals surface area contributed by atoms with Crippen molar-refractivity contribution in [2.75, 3.05) is 7.11 Å². The molecule has 1 aliphatic carbocycles. The minimum Gasteiger partial charge on any atom is -0.468 e. The summed E-state index contributed by atoms with van der Waals surface area (Å²) >= 11 is 0.868.